The monoisotopic (exact) mass is 387 g/mol. The molecule has 1 aromatic carbocycles. The van der Waals surface area contributed by atoms with E-state index in [4.69, 9.17) is 16.4 Å². The smallest absolute Gasteiger partial charge is 0.392 e. The summed E-state index contributed by atoms with van der Waals surface area (Å²) >= 11 is 6.04. The molecule has 2 aliphatic rings. The molecule has 0 atom stereocenters. The summed E-state index contributed by atoms with van der Waals surface area (Å²) in [7, 11) is 0. The molecule has 0 N–H and O–H groups in total. The van der Waals surface area contributed by atoms with Crippen LogP contribution < -0.4 is 0 Å². The molecule has 2 nitrogen and oxygen atoms in total. The van der Waals surface area contributed by atoms with Crippen LogP contribution in [-0.2, 0) is 11.0 Å². The van der Waals surface area contributed by atoms with E-state index in [0.29, 0.717) is 5.71 Å². The van der Waals surface area contributed by atoms with Crippen LogP contribution in [-0.4, -0.2) is 11.8 Å². The van der Waals surface area contributed by atoms with E-state index < -0.39 is 11.7 Å². The van der Waals surface area contributed by atoms with E-state index >= 15 is 0 Å². The van der Waals surface area contributed by atoms with Crippen molar-refractivity contribution in [2.24, 2.45) is 11.1 Å². The molecule has 0 aromatic heterocycles. The summed E-state index contributed by atoms with van der Waals surface area (Å²) in [6.07, 6.45) is 5.59. The molecule has 0 aliphatic heterocycles. The fourth-order valence-electron chi connectivity index (χ4n) is 4.00. The third-order valence-corrected chi connectivity index (χ3v) is 5.64. The highest BCUT2D eigenvalue weighted by Gasteiger charge is 2.36. The molecule has 0 unspecified atom stereocenters. The Labute approximate surface area is 157 Å². The fourth-order valence-corrected chi connectivity index (χ4v) is 4.17. The Morgan fingerprint density at radius 1 is 0.962 bits per heavy atom. The van der Waals surface area contributed by atoms with Gasteiger partial charge in [-0.3, -0.25) is 0 Å². The lowest BCUT2D eigenvalue weighted by Gasteiger charge is -2.26. The predicted molar refractivity (Wildman–Crippen MR) is 97.5 cm³/mol. The molecule has 2 fully saturated rings. The first-order valence-electron chi connectivity index (χ1n) is 9.56. The van der Waals surface area contributed by atoms with E-state index in [1.54, 1.807) is 0 Å². The van der Waals surface area contributed by atoms with Crippen molar-refractivity contribution in [2.75, 3.05) is 0 Å². The summed E-state index contributed by atoms with van der Waals surface area (Å²) in [6, 6.07) is 3.73. The number of halogens is 4. The SMILES string of the molecule is FC(F)(F)c1ccc(Cl)cc1/C(=N/OC1CCCCC1)C1CCCCC1. The minimum absolute atomic E-state index is 0.00749. The van der Waals surface area contributed by atoms with Crippen molar-refractivity contribution in [3.63, 3.8) is 0 Å². The zero-order valence-electron chi connectivity index (χ0n) is 14.8. The van der Waals surface area contributed by atoms with E-state index in [-0.39, 0.29) is 22.6 Å². The van der Waals surface area contributed by atoms with Crippen LogP contribution in [0.3, 0.4) is 0 Å². The Morgan fingerprint density at radius 2 is 1.58 bits per heavy atom. The van der Waals surface area contributed by atoms with Crippen LogP contribution in [0.15, 0.2) is 23.4 Å². The van der Waals surface area contributed by atoms with Crippen molar-refractivity contribution in [3.8, 4) is 0 Å². The Morgan fingerprint density at radius 3 is 2.19 bits per heavy atom. The Hall–Kier alpha value is -1.23. The molecule has 0 bridgehead atoms. The number of nitrogens with zero attached hydrogens (tertiary/aromatic N) is 1. The van der Waals surface area contributed by atoms with Crippen LogP contribution in [0.1, 0.15) is 75.3 Å². The van der Waals surface area contributed by atoms with E-state index in [0.717, 1.165) is 63.9 Å². The number of hydrogen-bond acceptors (Lipinski definition) is 2. The Balaban J connectivity index is 1.95. The second-order valence-electron chi connectivity index (χ2n) is 7.36. The van der Waals surface area contributed by atoms with Gasteiger partial charge in [-0.15, -0.1) is 0 Å². The molecule has 0 radical (unpaired) electrons. The van der Waals surface area contributed by atoms with Crippen molar-refractivity contribution in [1.29, 1.82) is 0 Å². The van der Waals surface area contributed by atoms with Gasteiger partial charge in [-0.2, -0.15) is 13.2 Å². The van der Waals surface area contributed by atoms with Crippen LogP contribution in [0.25, 0.3) is 0 Å². The zero-order valence-corrected chi connectivity index (χ0v) is 15.6. The van der Waals surface area contributed by atoms with Crippen molar-refractivity contribution >= 4 is 17.3 Å². The number of oxime groups is 1. The molecule has 0 spiro atoms. The Kier molecular flexibility index (Phi) is 6.49. The molecule has 1 aromatic rings. The quantitative estimate of drug-likeness (QED) is 0.403. The largest absolute Gasteiger partial charge is 0.417 e. The first kappa shape index (κ1) is 19.5. The highest BCUT2D eigenvalue weighted by atomic mass is 35.5. The molecule has 144 valence electrons. The van der Waals surface area contributed by atoms with Gasteiger partial charge < -0.3 is 4.84 Å². The van der Waals surface area contributed by atoms with E-state index in [1.165, 1.54) is 18.6 Å². The molecule has 26 heavy (non-hydrogen) atoms. The normalized spacial score (nSPS) is 21.0. The van der Waals surface area contributed by atoms with Crippen molar-refractivity contribution in [2.45, 2.75) is 76.5 Å². The van der Waals surface area contributed by atoms with Crippen molar-refractivity contribution in [3.05, 3.63) is 34.3 Å². The van der Waals surface area contributed by atoms with Gasteiger partial charge in [-0.25, -0.2) is 0 Å². The molecule has 0 heterocycles. The molecule has 6 heteroatoms. The Bertz CT molecular complexity index is 632. The molecular formula is C20H25ClF3NO. The maximum Gasteiger partial charge on any atom is 0.417 e. The van der Waals surface area contributed by atoms with E-state index in [1.807, 2.05) is 0 Å². The summed E-state index contributed by atoms with van der Waals surface area (Å²) in [6.45, 7) is 0. The summed E-state index contributed by atoms with van der Waals surface area (Å²) < 4.78 is 40.7. The fraction of sp³-hybridized carbons (Fsp3) is 0.650. The molecule has 0 saturated heterocycles. The average Bonchev–Trinajstić information content (AvgIpc) is 2.63. The summed E-state index contributed by atoms with van der Waals surface area (Å²) in [4.78, 5) is 5.74. The van der Waals surface area contributed by atoms with Gasteiger partial charge in [0.15, 0.2) is 0 Å². The second kappa shape index (κ2) is 8.64. The number of alkyl halides is 3. The second-order valence-corrected chi connectivity index (χ2v) is 7.80. The van der Waals surface area contributed by atoms with Gasteiger partial charge in [0.1, 0.15) is 6.10 Å². The van der Waals surface area contributed by atoms with Gasteiger partial charge in [-0.05, 0) is 56.7 Å². The molecular weight excluding hydrogens is 363 g/mol. The molecule has 0 amide bonds. The van der Waals surface area contributed by atoms with Crippen LogP contribution >= 0.6 is 11.6 Å². The van der Waals surface area contributed by atoms with Crippen molar-refractivity contribution in [1.82, 2.24) is 0 Å². The maximum absolute atomic E-state index is 13.6. The zero-order chi connectivity index (χ0) is 18.6. The van der Waals surface area contributed by atoms with Crippen molar-refractivity contribution < 1.29 is 18.0 Å². The number of hydrogen-bond donors (Lipinski definition) is 0. The number of benzene rings is 1. The first-order valence-corrected chi connectivity index (χ1v) is 9.94. The molecule has 3 rings (SSSR count). The summed E-state index contributed by atoms with van der Waals surface area (Å²) in [5.74, 6) is -0.00749. The van der Waals surface area contributed by atoms with Gasteiger partial charge >= 0.3 is 6.18 Å². The van der Waals surface area contributed by atoms with Crippen LogP contribution in [0.5, 0.6) is 0 Å². The lowest BCUT2D eigenvalue weighted by atomic mass is 9.82. The van der Waals surface area contributed by atoms with E-state index in [2.05, 4.69) is 5.16 Å². The summed E-state index contributed by atoms with van der Waals surface area (Å²) in [5.41, 5.74) is -0.184. The lowest BCUT2D eigenvalue weighted by molar-refractivity contribution is -0.137. The van der Waals surface area contributed by atoms with E-state index in [9.17, 15) is 13.2 Å². The minimum Gasteiger partial charge on any atom is -0.392 e. The van der Waals surface area contributed by atoms with Gasteiger partial charge in [0.25, 0.3) is 0 Å². The lowest BCUT2D eigenvalue weighted by Crippen LogP contribution is -2.24. The number of rotatable bonds is 4. The average molecular weight is 388 g/mol. The highest BCUT2D eigenvalue weighted by Crippen LogP contribution is 2.37. The molecule has 2 saturated carbocycles. The van der Waals surface area contributed by atoms with Crippen LogP contribution in [0.2, 0.25) is 5.02 Å². The maximum atomic E-state index is 13.6. The highest BCUT2D eigenvalue weighted by molar-refractivity contribution is 6.31. The third-order valence-electron chi connectivity index (χ3n) is 5.41. The summed E-state index contributed by atoms with van der Waals surface area (Å²) in [5, 5.41) is 4.60. The predicted octanol–water partition coefficient (Wildman–Crippen LogP) is 6.99. The van der Waals surface area contributed by atoms with Crippen LogP contribution in [0, 0.1) is 5.92 Å². The third kappa shape index (κ3) is 4.93. The standard InChI is InChI=1S/C20H25ClF3NO/c21-15-11-12-18(20(22,23)24)17(13-15)19(14-7-3-1-4-8-14)25-26-16-9-5-2-6-10-16/h11-14,16H,1-10H2/b25-19+. The van der Waals surface area contributed by atoms with Gasteiger partial charge in [0.05, 0.1) is 11.3 Å². The van der Waals surface area contributed by atoms with Gasteiger partial charge in [-0.1, -0.05) is 42.4 Å². The first-order chi connectivity index (χ1) is 12.4. The minimum atomic E-state index is -4.44. The van der Waals surface area contributed by atoms with Gasteiger partial charge in [0, 0.05) is 16.5 Å². The van der Waals surface area contributed by atoms with Gasteiger partial charge in [0.2, 0.25) is 0 Å². The molecule has 2 aliphatic carbocycles. The van der Waals surface area contributed by atoms with Crippen LogP contribution in [0.4, 0.5) is 13.2 Å². The topological polar surface area (TPSA) is 21.6 Å².